The van der Waals surface area contributed by atoms with Crippen molar-refractivity contribution in [1.82, 2.24) is 4.98 Å². The molecule has 2 rings (SSSR count). The zero-order chi connectivity index (χ0) is 11.5. The standard InChI is InChI=1S/C11H13NO4/c1-15-10-7(3-2-4-12-10)8-5-16-6-9(8)11(13)14/h2-4,8-9H,5-6H2,1H3,(H,13,14)/t8-,9-/m1/s1. The van der Waals surface area contributed by atoms with Crippen molar-refractivity contribution in [2.45, 2.75) is 5.92 Å². The minimum Gasteiger partial charge on any atom is -0.481 e. The maximum atomic E-state index is 11.0. The highest BCUT2D eigenvalue weighted by molar-refractivity contribution is 5.72. The van der Waals surface area contributed by atoms with Gasteiger partial charge in [0.2, 0.25) is 5.88 Å². The van der Waals surface area contributed by atoms with E-state index in [1.807, 2.05) is 6.07 Å². The summed E-state index contributed by atoms with van der Waals surface area (Å²) in [6.45, 7) is 0.650. The lowest BCUT2D eigenvalue weighted by Gasteiger charge is -2.15. The van der Waals surface area contributed by atoms with Crippen LogP contribution in [-0.4, -0.2) is 36.4 Å². The Balaban J connectivity index is 2.32. The highest BCUT2D eigenvalue weighted by atomic mass is 16.5. The van der Waals surface area contributed by atoms with E-state index in [2.05, 4.69) is 4.98 Å². The predicted molar refractivity (Wildman–Crippen MR) is 55.5 cm³/mol. The average Bonchev–Trinajstić information content (AvgIpc) is 2.77. The zero-order valence-electron chi connectivity index (χ0n) is 8.92. The molecule has 5 nitrogen and oxygen atoms in total. The first-order valence-corrected chi connectivity index (χ1v) is 5.03. The minimum absolute atomic E-state index is 0.179. The number of carboxylic acids is 1. The van der Waals surface area contributed by atoms with E-state index >= 15 is 0 Å². The Morgan fingerprint density at radius 3 is 3.12 bits per heavy atom. The largest absolute Gasteiger partial charge is 0.481 e. The van der Waals surface area contributed by atoms with Crippen molar-refractivity contribution in [3.8, 4) is 5.88 Å². The van der Waals surface area contributed by atoms with Gasteiger partial charge in [-0.1, -0.05) is 6.07 Å². The van der Waals surface area contributed by atoms with Gasteiger partial charge in [-0.15, -0.1) is 0 Å². The Bertz CT molecular complexity index is 393. The normalized spacial score (nSPS) is 24.3. The summed E-state index contributed by atoms with van der Waals surface area (Å²) in [6.07, 6.45) is 1.62. The van der Waals surface area contributed by atoms with E-state index in [0.717, 1.165) is 5.56 Å². The number of aliphatic carboxylic acids is 1. The predicted octanol–water partition coefficient (Wildman–Crippen LogP) is 0.905. The smallest absolute Gasteiger partial charge is 0.309 e. The summed E-state index contributed by atoms with van der Waals surface area (Å²) in [5.74, 6) is -1.06. The van der Waals surface area contributed by atoms with Crippen LogP contribution >= 0.6 is 0 Å². The average molecular weight is 223 g/mol. The summed E-state index contributed by atoms with van der Waals surface area (Å²) in [4.78, 5) is 15.1. The van der Waals surface area contributed by atoms with Gasteiger partial charge in [-0.25, -0.2) is 4.98 Å². The molecule has 1 aliphatic heterocycles. The van der Waals surface area contributed by atoms with Crippen LogP contribution in [0.1, 0.15) is 11.5 Å². The number of carboxylic acid groups (broad SMARTS) is 1. The topological polar surface area (TPSA) is 68.7 Å². The minimum atomic E-state index is -0.839. The summed E-state index contributed by atoms with van der Waals surface area (Å²) < 4.78 is 10.3. The first-order valence-electron chi connectivity index (χ1n) is 5.03. The summed E-state index contributed by atoms with van der Waals surface area (Å²) >= 11 is 0. The van der Waals surface area contributed by atoms with Gasteiger partial charge in [0.25, 0.3) is 0 Å². The van der Waals surface area contributed by atoms with E-state index in [1.165, 1.54) is 7.11 Å². The maximum absolute atomic E-state index is 11.0. The Hall–Kier alpha value is -1.62. The number of pyridine rings is 1. The zero-order valence-corrected chi connectivity index (χ0v) is 8.92. The monoisotopic (exact) mass is 223 g/mol. The van der Waals surface area contributed by atoms with Gasteiger partial charge in [0.15, 0.2) is 0 Å². The molecule has 0 unspecified atom stereocenters. The molecular weight excluding hydrogens is 210 g/mol. The van der Waals surface area contributed by atoms with Crippen LogP contribution in [-0.2, 0) is 9.53 Å². The molecule has 0 aromatic carbocycles. The van der Waals surface area contributed by atoms with E-state index in [-0.39, 0.29) is 12.5 Å². The van der Waals surface area contributed by atoms with Crippen molar-refractivity contribution in [3.05, 3.63) is 23.9 Å². The molecule has 2 atom stereocenters. The van der Waals surface area contributed by atoms with Gasteiger partial charge in [-0.3, -0.25) is 4.79 Å². The summed E-state index contributed by atoms with van der Waals surface area (Å²) in [7, 11) is 1.53. The Kier molecular flexibility index (Phi) is 3.05. The molecule has 1 fully saturated rings. The van der Waals surface area contributed by atoms with Crippen LogP contribution in [0.25, 0.3) is 0 Å². The number of methoxy groups -OCH3 is 1. The number of ether oxygens (including phenoxy) is 2. The first-order chi connectivity index (χ1) is 7.74. The van der Waals surface area contributed by atoms with Crippen molar-refractivity contribution in [2.24, 2.45) is 5.92 Å². The number of carbonyl (C=O) groups is 1. The maximum Gasteiger partial charge on any atom is 0.309 e. The van der Waals surface area contributed by atoms with Crippen molar-refractivity contribution in [3.63, 3.8) is 0 Å². The van der Waals surface area contributed by atoms with Crippen molar-refractivity contribution < 1.29 is 19.4 Å². The fraction of sp³-hybridized carbons (Fsp3) is 0.455. The van der Waals surface area contributed by atoms with Crippen LogP contribution in [0.2, 0.25) is 0 Å². The number of rotatable bonds is 3. The van der Waals surface area contributed by atoms with Crippen LogP contribution in [0.3, 0.4) is 0 Å². The van der Waals surface area contributed by atoms with E-state index in [0.29, 0.717) is 12.5 Å². The molecule has 1 aromatic heterocycles. The van der Waals surface area contributed by atoms with Gasteiger partial charge in [-0.05, 0) is 6.07 Å². The van der Waals surface area contributed by atoms with Crippen LogP contribution in [0.15, 0.2) is 18.3 Å². The molecule has 5 heteroatoms. The fourth-order valence-electron chi connectivity index (χ4n) is 1.96. The third-order valence-electron chi connectivity index (χ3n) is 2.79. The number of aromatic nitrogens is 1. The number of nitrogens with zero attached hydrogens (tertiary/aromatic N) is 1. The Morgan fingerprint density at radius 1 is 1.62 bits per heavy atom. The van der Waals surface area contributed by atoms with E-state index in [1.54, 1.807) is 12.3 Å². The molecule has 2 heterocycles. The van der Waals surface area contributed by atoms with Gasteiger partial charge in [0, 0.05) is 17.7 Å². The SMILES string of the molecule is COc1ncccc1[C@H]1COC[C@H]1C(=O)O. The highest BCUT2D eigenvalue weighted by Gasteiger charge is 2.36. The lowest BCUT2D eigenvalue weighted by atomic mass is 9.89. The van der Waals surface area contributed by atoms with Crippen molar-refractivity contribution >= 4 is 5.97 Å². The lowest BCUT2D eigenvalue weighted by molar-refractivity contribution is -0.142. The molecule has 0 saturated carbocycles. The molecule has 0 radical (unpaired) electrons. The van der Waals surface area contributed by atoms with Crippen LogP contribution in [0, 0.1) is 5.92 Å². The van der Waals surface area contributed by atoms with Crippen molar-refractivity contribution in [2.75, 3.05) is 20.3 Å². The molecule has 0 aliphatic carbocycles. The van der Waals surface area contributed by atoms with Gasteiger partial charge in [0.05, 0.1) is 26.2 Å². The fourth-order valence-corrected chi connectivity index (χ4v) is 1.96. The number of hydrogen-bond acceptors (Lipinski definition) is 4. The molecule has 1 saturated heterocycles. The first kappa shape index (κ1) is 10.9. The van der Waals surface area contributed by atoms with Gasteiger partial charge < -0.3 is 14.6 Å². The van der Waals surface area contributed by atoms with Crippen LogP contribution in [0.4, 0.5) is 0 Å². The highest BCUT2D eigenvalue weighted by Crippen LogP contribution is 2.35. The molecule has 0 spiro atoms. The molecule has 0 amide bonds. The summed E-state index contributed by atoms with van der Waals surface area (Å²) in [5.41, 5.74) is 0.801. The molecular formula is C11H13NO4. The third kappa shape index (κ3) is 1.86. The van der Waals surface area contributed by atoms with Gasteiger partial charge >= 0.3 is 5.97 Å². The second-order valence-corrected chi connectivity index (χ2v) is 3.69. The molecule has 1 N–H and O–H groups in total. The van der Waals surface area contributed by atoms with E-state index in [9.17, 15) is 4.79 Å². The van der Waals surface area contributed by atoms with Crippen molar-refractivity contribution in [1.29, 1.82) is 0 Å². The lowest BCUT2D eigenvalue weighted by Crippen LogP contribution is -2.21. The molecule has 16 heavy (non-hydrogen) atoms. The quantitative estimate of drug-likeness (QED) is 0.824. The Labute approximate surface area is 93.0 Å². The van der Waals surface area contributed by atoms with E-state index < -0.39 is 11.9 Å². The van der Waals surface area contributed by atoms with Crippen LogP contribution < -0.4 is 4.74 Å². The van der Waals surface area contributed by atoms with Gasteiger partial charge in [-0.2, -0.15) is 0 Å². The summed E-state index contributed by atoms with van der Waals surface area (Å²) in [6, 6.07) is 3.61. The van der Waals surface area contributed by atoms with Gasteiger partial charge in [0.1, 0.15) is 0 Å². The summed E-state index contributed by atoms with van der Waals surface area (Å²) in [5, 5.41) is 9.07. The van der Waals surface area contributed by atoms with E-state index in [4.69, 9.17) is 14.6 Å². The molecule has 1 aliphatic rings. The number of hydrogen-bond donors (Lipinski definition) is 1. The third-order valence-corrected chi connectivity index (χ3v) is 2.79. The second-order valence-electron chi connectivity index (χ2n) is 3.69. The second kappa shape index (κ2) is 4.49. The molecule has 0 bridgehead atoms. The molecule has 86 valence electrons. The Morgan fingerprint density at radius 2 is 2.44 bits per heavy atom. The molecule has 1 aromatic rings. The van der Waals surface area contributed by atoms with Crippen LogP contribution in [0.5, 0.6) is 5.88 Å².